The molecule has 29 heavy (non-hydrogen) atoms. The van der Waals surface area contributed by atoms with Crippen LogP contribution in [0.15, 0.2) is 42.6 Å². The SMILES string of the molecule is COc1ccc(OC)c(-c2cc(C(=O)N3CC(Oc4ccc(Cl)cn4)C3)[nH]n2)c1. The number of carbonyl (C=O) groups excluding carboxylic acids is 1. The molecular weight excluding hydrogens is 396 g/mol. The lowest BCUT2D eigenvalue weighted by Gasteiger charge is -2.38. The van der Waals surface area contributed by atoms with E-state index in [1.54, 1.807) is 49.5 Å². The number of hydrogen-bond acceptors (Lipinski definition) is 6. The molecule has 3 aromatic rings. The lowest BCUT2D eigenvalue weighted by atomic mass is 10.1. The van der Waals surface area contributed by atoms with Crippen LogP contribution >= 0.6 is 11.6 Å². The van der Waals surface area contributed by atoms with Crippen LogP contribution in [0.5, 0.6) is 17.4 Å². The van der Waals surface area contributed by atoms with Gasteiger partial charge in [-0.2, -0.15) is 5.10 Å². The van der Waals surface area contributed by atoms with Crippen molar-refractivity contribution in [3.05, 3.63) is 53.3 Å². The summed E-state index contributed by atoms with van der Waals surface area (Å²) in [5, 5.41) is 7.62. The fourth-order valence-corrected chi connectivity index (χ4v) is 3.15. The van der Waals surface area contributed by atoms with Gasteiger partial charge in [-0.3, -0.25) is 9.89 Å². The number of H-pyrrole nitrogens is 1. The van der Waals surface area contributed by atoms with E-state index in [0.717, 1.165) is 5.56 Å². The molecule has 1 amide bonds. The van der Waals surface area contributed by atoms with Gasteiger partial charge in [0.15, 0.2) is 0 Å². The Bertz CT molecular complexity index is 1020. The molecule has 3 heterocycles. The van der Waals surface area contributed by atoms with Crippen LogP contribution in [0.4, 0.5) is 0 Å². The molecular formula is C20H19ClN4O4. The zero-order chi connectivity index (χ0) is 20.4. The first kappa shape index (κ1) is 19.1. The smallest absolute Gasteiger partial charge is 0.272 e. The maximum absolute atomic E-state index is 12.7. The first-order chi connectivity index (χ1) is 14.1. The molecule has 0 unspecified atom stereocenters. The van der Waals surface area contributed by atoms with Crippen molar-refractivity contribution < 1.29 is 19.0 Å². The summed E-state index contributed by atoms with van der Waals surface area (Å²) >= 11 is 5.82. The number of carbonyl (C=O) groups is 1. The molecule has 1 aliphatic rings. The Morgan fingerprint density at radius 3 is 2.69 bits per heavy atom. The number of ether oxygens (including phenoxy) is 3. The van der Waals surface area contributed by atoms with Crippen LogP contribution < -0.4 is 14.2 Å². The lowest BCUT2D eigenvalue weighted by Crippen LogP contribution is -2.56. The summed E-state index contributed by atoms with van der Waals surface area (Å²) in [6, 6.07) is 10.5. The summed E-state index contributed by atoms with van der Waals surface area (Å²) in [5.74, 6) is 1.66. The predicted molar refractivity (Wildman–Crippen MR) is 107 cm³/mol. The summed E-state index contributed by atoms with van der Waals surface area (Å²) in [7, 11) is 3.17. The summed E-state index contributed by atoms with van der Waals surface area (Å²) in [6.45, 7) is 0.944. The van der Waals surface area contributed by atoms with Crippen molar-refractivity contribution in [1.29, 1.82) is 0 Å². The van der Waals surface area contributed by atoms with Crippen LogP contribution in [-0.2, 0) is 0 Å². The van der Waals surface area contributed by atoms with E-state index in [9.17, 15) is 4.79 Å². The van der Waals surface area contributed by atoms with Gasteiger partial charge in [-0.25, -0.2) is 4.98 Å². The Hall–Kier alpha value is -3.26. The van der Waals surface area contributed by atoms with Gasteiger partial charge >= 0.3 is 0 Å². The van der Waals surface area contributed by atoms with Crippen molar-refractivity contribution in [2.45, 2.75) is 6.10 Å². The molecule has 8 nitrogen and oxygen atoms in total. The zero-order valence-corrected chi connectivity index (χ0v) is 16.6. The zero-order valence-electron chi connectivity index (χ0n) is 15.9. The third kappa shape index (κ3) is 3.97. The maximum Gasteiger partial charge on any atom is 0.272 e. The van der Waals surface area contributed by atoms with Gasteiger partial charge in [0.2, 0.25) is 5.88 Å². The van der Waals surface area contributed by atoms with Gasteiger partial charge in [0, 0.05) is 17.8 Å². The fraction of sp³-hybridized carbons (Fsp3) is 0.250. The molecule has 4 rings (SSSR count). The molecule has 0 aliphatic carbocycles. The van der Waals surface area contributed by atoms with Crippen LogP contribution in [0, 0.1) is 0 Å². The van der Waals surface area contributed by atoms with Gasteiger partial charge < -0.3 is 19.1 Å². The molecule has 0 atom stereocenters. The number of benzene rings is 1. The van der Waals surface area contributed by atoms with E-state index in [4.69, 9.17) is 25.8 Å². The second-order valence-electron chi connectivity index (χ2n) is 6.50. The monoisotopic (exact) mass is 414 g/mol. The lowest BCUT2D eigenvalue weighted by molar-refractivity contribution is 0.0156. The average molecular weight is 415 g/mol. The average Bonchev–Trinajstić information content (AvgIpc) is 3.21. The highest BCUT2D eigenvalue weighted by atomic mass is 35.5. The van der Waals surface area contributed by atoms with Crippen LogP contribution in [0.3, 0.4) is 0 Å². The minimum atomic E-state index is -0.144. The molecule has 0 radical (unpaired) electrons. The predicted octanol–water partition coefficient (Wildman–Crippen LogP) is 3.05. The first-order valence-corrected chi connectivity index (χ1v) is 9.30. The Balaban J connectivity index is 1.41. The van der Waals surface area contributed by atoms with Crippen LogP contribution in [-0.4, -0.2) is 59.4 Å². The number of hydrogen-bond donors (Lipinski definition) is 1. The molecule has 1 aliphatic heterocycles. The maximum atomic E-state index is 12.7. The number of nitrogens with one attached hydrogen (secondary N) is 1. The van der Waals surface area contributed by atoms with E-state index in [1.165, 1.54) is 6.20 Å². The quantitative estimate of drug-likeness (QED) is 0.666. The molecule has 150 valence electrons. The van der Waals surface area contributed by atoms with Crippen molar-refractivity contribution in [2.24, 2.45) is 0 Å². The van der Waals surface area contributed by atoms with E-state index in [-0.39, 0.29) is 12.0 Å². The summed E-state index contributed by atoms with van der Waals surface area (Å²) < 4.78 is 16.4. The van der Waals surface area contributed by atoms with Crippen LogP contribution in [0.1, 0.15) is 10.5 Å². The minimum Gasteiger partial charge on any atom is -0.497 e. The summed E-state index contributed by atoms with van der Waals surface area (Å²) in [4.78, 5) is 18.5. The minimum absolute atomic E-state index is 0.103. The van der Waals surface area contributed by atoms with Crippen molar-refractivity contribution in [3.8, 4) is 28.6 Å². The van der Waals surface area contributed by atoms with Crippen molar-refractivity contribution in [1.82, 2.24) is 20.1 Å². The standard InChI is InChI=1S/C20H19ClN4O4/c1-27-13-4-5-18(28-2)15(7-13)16-8-17(24-23-16)20(26)25-10-14(11-25)29-19-6-3-12(21)9-22-19/h3-9,14H,10-11H2,1-2H3,(H,23,24). The van der Waals surface area contributed by atoms with Gasteiger partial charge in [0.1, 0.15) is 23.3 Å². The van der Waals surface area contributed by atoms with Gasteiger partial charge in [0.05, 0.1) is 38.0 Å². The Morgan fingerprint density at radius 1 is 1.17 bits per heavy atom. The first-order valence-electron chi connectivity index (χ1n) is 8.92. The number of pyridine rings is 1. The molecule has 0 spiro atoms. The largest absolute Gasteiger partial charge is 0.497 e. The number of nitrogens with zero attached hydrogens (tertiary/aromatic N) is 3. The molecule has 0 saturated carbocycles. The highest BCUT2D eigenvalue weighted by Gasteiger charge is 2.34. The number of rotatable bonds is 6. The van der Waals surface area contributed by atoms with Crippen molar-refractivity contribution in [3.63, 3.8) is 0 Å². The number of likely N-dealkylation sites (tertiary alicyclic amines) is 1. The second kappa shape index (κ2) is 8.00. The van der Waals surface area contributed by atoms with E-state index in [1.807, 2.05) is 6.07 Å². The molecule has 1 aromatic carbocycles. The Labute approximate surface area is 172 Å². The highest BCUT2D eigenvalue weighted by Crippen LogP contribution is 2.32. The van der Waals surface area contributed by atoms with Gasteiger partial charge in [0.25, 0.3) is 5.91 Å². The van der Waals surface area contributed by atoms with Crippen LogP contribution in [0.2, 0.25) is 5.02 Å². The Morgan fingerprint density at radius 2 is 2.00 bits per heavy atom. The second-order valence-corrected chi connectivity index (χ2v) is 6.93. The molecule has 2 aromatic heterocycles. The topological polar surface area (TPSA) is 89.6 Å². The normalized spacial score (nSPS) is 13.7. The highest BCUT2D eigenvalue weighted by molar-refractivity contribution is 6.30. The number of methoxy groups -OCH3 is 2. The number of amides is 1. The third-order valence-electron chi connectivity index (χ3n) is 4.61. The summed E-state index contributed by atoms with van der Waals surface area (Å²) in [5.41, 5.74) is 1.73. The van der Waals surface area contributed by atoms with Gasteiger partial charge in [-0.1, -0.05) is 11.6 Å². The van der Waals surface area contributed by atoms with E-state index >= 15 is 0 Å². The molecule has 0 bridgehead atoms. The number of aromatic nitrogens is 3. The number of halogens is 1. The molecule has 1 N–H and O–H groups in total. The number of aromatic amines is 1. The van der Waals surface area contributed by atoms with Gasteiger partial charge in [-0.05, 0) is 30.3 Å². The van der Waals surface area contributed by atoms with Gasteiger partial charge in [-0.15, -0.1) is 0 Å². The molecule has 1 saturated heterocycles. The molecule has 1 fully saturated rings. The Kier molecular flexibility index (Phi) is 5.26. The van der Waals surface area contributed by atoms with Crippen molar-refractivity contribution in [2.75, 3.05) is 27.3 Å². The van der Waals surface area contributed by atoms with E-state index < -0.39 is 0 Å². The molecule has 9 heteroatoms. The third-order valence-corrected chi connectivity index (χ3v) is 4.84. The van der Waals surface area contributed by atoms with Crippen LogP contribution in [0.25, 0.3) is 11.3 Å². The van der Waals surface area contributed by atoms with E-state index in [2.05, 4.69) is 15.2 Å². The van der Waals surface area contributed by atoms with E-state index in [0.29, 0.717) is 46.9 Å². The summed E-state index contributed by atoms with van der Waals surface area (Å²) in [6.07, 6.45) is 1.42. The fourth-order valence-electron chi connectivity index (χ4n) is 3.04. The van der Waals surface area contributed by atoms with Crippen molar-refractivity contribution >= 4 is 17.5 Å².